The third-order valence-electron chi connectivity index (χ3n) is 1.61. The Kier molecular flexibility index (Phi) is 3.01. The zero-order valence-electron chi connectivity index (χ0n) is 5.93. The van der Waals surface area contributed by atoms with E-state index in [1.165, 1.54) is 12.8 Å². The maximum atomic E-state index is 4.89. The molecule has 54 valence electrons. The van der Waals surface area contributed by atoms with Crippen LogP contribution in [-0.4, -0.2) is 13.2 Å². The van der Waals surface area contributed by atoms with Gasteiger partial charge in [0.05, 0.1) is 13.2 Å². The van der Waals surface area contributed by atoms with Gasteiger partial charge in [0.25, 0.3) is 0 Å². The second kappa shape index (κ2) is 3.85. The van der Waals surface area contributed by atoms with Gasteiger partial charge in [-0.05, 0) is 18.8 Å². The fourth-order valence-electron chi connectivity index (χ4n) is 0.960. The lowest BCUT2D eigenvalue weighted by Crippen LogP contribution is -2.10. The molecule has 0 aromatic rings. The lowest BCUT2D eigenvalue weighted by Gasteiger charge is -2.14. The minimum Gasteiger partial charge on any atom is -0.237 e. The first-order valence-electron chi connectivity index (χ1n) is 3.64. The van der Waals surface area contributed by atoms with Crippen LogP contribution in [0.15, 0.2) is 0 Å². The van der Waals surface area contributed by atoms with Crippen molar-refractivity contribution in [1.29, 1.82) is 0 Å². The highest BCUT2D eigenvalue weighted by atomic mass is 17.2. The quantitative estimate of drug-likeness (QED) is 0.465. The predicted molar refractivity (Wildman–Crippen MR) is 34.9 cm³/mol. The summed E-state index contributed by atoms with van der Waals surface area (Å²) in [6, 6.07) is 0. The molecular formula is C7H14O2. The highest BCUT2D eigenvalue weighted by Gasteiger charge is 2.05. The van der Waals surface area contributed by atoms with Crippen LogP contribution in [0.5, 0.6) is 0 Å². The maximum absolute atomic E-state index is 4.89. The third kappa shape index (κ3) is 2.82. The van der Waals surface area contributed by atoms with Crippen LogP contribution in [-0.2, 0) is 9.78 Å². The van der Waals surface area contributed by atoms with Crippen molar-refractivity contribution in [3.05, 3.63) is 0 Å². The molecule has 0 saturated carbocycles. The van der Waals surface area contributed by atoms with Crippen LogP contribution in [0.1, 0.15) is 26.2 Å². The fraction of sp³-hybridized carbons (Fsp3) is 1.00. The Balaban J connectivity index is 2.12. The average Bonchev–Trinajstić information content (AvgIpc) is 1.79. The molecule has 0 bridgehead atoms. The molecule has 1 unspecified atom stereocenters. The first kappa shape index (κ1) is 7.03. The van der Waals surface area contributed by atoms with Gasteiger partial charge in [0.2, 0.25) is 0 Å². The van der Waals surface area contributed by atoms with Crippen molar-refractivity contribution < 1.29 is 9.78 Å². The Bertz CT molecular complexity index is 65.3. The molecule has 0 radical (unpaired) electrons. The van der Waals surface area contributed by atoms with Gasteiger partial charge in [0, 0.05) is 0 Å². The van der Waals surface area contributed by atoms with Crippen LogP contribution >= 0.6 is 0 Å². The van der Waals surface area contributed by atoms with Crippen molar-refractivity contribution in [2.45, 2.75) is 26.2 Å². The summed E-state index contributed by atoms with van der Waals surface area (Å²) in [7, 11) is 0. The molecule has 9 heavy (non-hydrogen) atoms. The van der Waals surface area contributed by atoms with Crippen LogP contribution in [0.25, 0.3) is 0 Å². The maximum Gasteiger partial charge on any atom is 0.0847 e. The number of rotatable bonds is 0. The van der Waals surface area contributed by atoms with E-state index in [0.717, 1.165) is 19.6 Å². The van der Waals surface area contributed by atoms with E-state index in [9.17, 15) is 0 Å². The molecule has 1 rings (SSSR count). The van der Waals surface area contributed by atoms with E-state index >= 15 is 0 Å². The molecule has 1 fully saturated rings. The monoisotopic (exact) mass is 130 g/mol. The van der Waals surface area contributed by atoms with E-state index < -0.39 is 0 Å². The second-order valence-corrected chi connectivity index (χ2v) is 2.71. The Labute approximate surface area is 56.1 Å². The van der Waals surface area contributed by atoms with Gasteiger partial charge < -0.3 is 0 Å². The van der Waals surface area contributed by atoms with Crippen LogP contribution in [0.2, 0.25) is 0 Å². The van der Waals surface area contributed by atoms with Gasteiger partial charge in [0.1, 0.15) is 0 Å². The van der Waals surface area contributed by atoms with Gasteiger partial charge in [-0.2, -0.15) is 0 Å². The van der Waals surface area contributed by atoms with Gasteiger partial charge in [-0.1, -0.05) is 13.3 Å². The Morgan fingerprint density at radius 1 is 1.22 bits per heavy atom. The van der Waals surface area contributed by atoms with Gasteiger partial charge in [0.15, 0.2) is 0 Å². The second-order valence-electron chi connectivity index (χ2n) is 2.71. The van der Waals surface area contributed by atoms with E-state index in [0.29, 0.717) is 5.92 Å². The summed E-state index contributed by atoms with van der Waals surface area (Å²) in [5.74, 6) is 0.672. The summed E-state index contributed by atoms with van der Waals surface area (Å²) in [6.45, 7) is 3.72. The zero-order chi connectivity index (χ0) is 6.53. The third-order valence-corrected chi connectivity index (χ3v) is 1.61. The van der Waals surface area contributed by atoms with Crippen LogP contribution in [0.4, 0.5) is 0 Å². The standard InChI is InChI=1S/C7H14O2/c1-7-4-2-3-5-8-9-6-7/h7H,2-6H2,1H3. The Morgan fingerprint density at radius 3 is 3.00 bits per heavy atom. The molecule has 2 nitrogen and oxygen atoms in total. The van der Waals surface area contributed by atoms with Gasteiger partial charge in [-0.15, -0.1) is 0 Å². The van der Waals surface area contributed by atoms with Crippen molar-refractivity contribution in [2.24, 2.45) is 5.92 Å². The van der Waals surface area contributed by atoms with E-state index in [2.05, 4.69) is 6.92 Å². The van der Waals surface area contributed by atoms with Crippen molar-refractivity contribution in [2.75, 3.05) is 13.2 Å². The molecular weight excluding hydrogens is 116 g/mol. The minimum absolute atomic E-state index is 0.672. The summed E-state index contributed by atoms with van der Waals surface area (Å²) in [6.07, 6.45) is 3.71. The smallest absolute Gasteiger partial charge is 0.0847 e. The average molecular weight is 130 g/mol. The molecule has 1 aliphatic heterocycles. The largest absolute Gasteiger partial charge is 0.237 e. The van der Waals surface area contributed by atoms with E-state index in [-0.39, 0.29) is 0 Å². The summed E-state index contributed by atoms with van der Waals surface area (Å²) in [5.41, 5.74) is 0. The minimum atomic E-state index is 0.672. The normalized spacial score (nSPS) is 31.0. The van der Waals surface area contributed by atoms with Crippen LogP contribution < -0.4 is 0 Å². The van der Waals surface area contributed by atoms with Crippen LogP contribution in [0, 0.1) is 5.92 Å². The first-order valence-corrected chi connectivity index (χ1v) is 3.64. The predicted octanol–water partition coefficient (Wildman–Crippen LogP) is 1.75. The van der Waals surface area contributed by atoms with Gasteiger partial charge >= 0.3 is 0 Å². The van der Waals surface area contributed by atoms with Gasteiger partial charge in [-0.25, -0.2) is 9.78 Å². The SMILES string of the molecule is CC1CCCCOOC1. The summed E-state index contributed by atoms with van der Waals surface area (Å²) in [4.78, 5) is 9.73. The molecule has 0 N–H and O–H groups in total. The van der Waals surface area contributed by atoms with E-state index in [1.807, 2.05) is 0 Å². The Hall–Kier alpha value is -0.0800. The van der Waals surface area contributed by atoms with Crippen molar-refractivity contribution in [3.63, 3.8) is 0 Å². The molecule has 0 aromatic carbocycles. The fourth-order valence-corrected chi connectivity index (χ4v) is 0.960. The molecule has 0 amide bonds. The highest BCUT2D eigenvalue weighted by Crippen LogP contribution is 2.11. The van der Waals surface area contributed by atoms with Crippen LogP contribution in [0.3, 0.4) is 0 Å². The topological polar surface area (TPSA) is 18.5 Å². The summed E-state index contributed by atoms with van der Waals surface area (Å²) >= 11 is 0. The van der Waals surface area contributed by atoms with Crippen molar-refractivity contribution >= 4 is 0 Å². The molecule has 0 aliphatic carbocycles. The zero-order valence-corrected chi connectivity index (χ0v) is 5.93. The molecule has 1 saturated heterocycles. The van der Waals surface area contributed by atoms with E-state index in [1.54, 1.807) is 0 Å². The summed E-state index contributed by atoms with van der Waals surface area (Å²) < 4.78 is 0. The first-order chi connectivity index (χ1) is 4.39. The number of hydrogen-bond acceptors (Lipinski definition) is 2. The van der Waals surface area contributed by atoms with Crippen molar-refractivity contribution in [1.82, 2.24) is 0 Å². The van der Waals surface area contributed by atoms with Crippen molar-refractivity contribution in [3.8, 4) is 0 Å². The highest BCUT2D eigenvalue weighted by molar-refractivity contribution is 4.51. The van der Waals surface area contributed by atoms with Gasteiger partial charge in [-0.3, -0.25) is 0 Å². The number of hydrogen-bond donors (Lipinski definition) is 0. The Morgan fingerprint density at radius 2 is 2.11 bits per heavy atom. The molecule has 0 spiro atoms. The molecule has 0 aromatic heterocycles. The lowest BCUT2D eigenvalue weighted by atomic mass is 10.1. The molecule has 1 heterocycles. The molecule has 2 heteroatoms. The summed E-state index contributed by atoms with van der Waals surface area (Å²) in [5, 5.41) is 0. The molecule has 1 aliphatic rings. The molecule has 1 atom stereocenters. The lowest BCUT2D eigenvalue weighted by molar-refractivity contribution is -0.305. The van der Waals surface area contributed by atoms with E-state index in [4.69, 9.17) is 9.78 Å².